The highest BCUT2D eigenvalue weighted by Gasteiger charge is 2.50. The highest BCUT2D eigenvalue weighted by atomic mass is 32.2. The first kappa shape index (κ1) is 10.3. The van der Waals surface area contributed by atoms with Crippen molar-refractivity contribution < 1.29 is 4.74 Å². The lowest BCUT2D eigenvalue weighted by atomic mass is 9.82. The Balaban J connectivity index is 2.16. The summed E-state index contributed by atoms with van der Waals surface area (Å²) in [5.41, 5.74) is 3.15. The van der Waals surface area contributed by atoms with Crippen LogP contribution in [0, 0.1) is 0 Å². The monoisotopic (exact) mass is 235 g/mol. The number of likely N-dealkylation sites (N-methyl/N-ethyl adjacent to an activating group) is 1. The summed E-state index contributed by atoms with van der Waals surface area (Å²) in [6.07, 6.45) is 1.27. The molecule has 16 heavy (non-hydrogen) atoms. The minimum atomic E-state index is 0.309. The van der Waals surface area contributed by atoms with Crippen LogP contribution in [0.5, 0.6) is 5.75 Å². The van der Waals surface area contributed by atoms with E-state index in [9.17, 15) is 0 Å². The van der Waals surface area contributed by atoms with Gasteiger partial charge in [-0.1, -0.05) is 6.92 Å². The quantitative estimate of drug-likeness (QED) is 0.742. The molecular weight excluding hydrogens is 218 g/mol. The van der Waals surface area contributed by atoms with Crippen LogP contribution >= 0.6 is 11.8 Å². The van der Waals surface area contributed by atoms with Crippen molar-refractivity contribution in [1.29, 1.82) is 0 Å². The van der Waals surface area contributed by atoms with Crippen LogP contribution in [0.25, 0.3) is 0 Å². The maximum Gasteiger partial charge on any atom is 0.119 e. The van der Waals surface area contributed by atoms with Gasteiger partial charge in [-0.15, -0.1) is 11.8 Å². The molecule has 0 aromatic heterocycles. The molecule has 0 amide bonds. The van der Waals surface area contributed by atoms with Gasteiger partial charge in [-0.25, -0.2) is 0 Å². The number of rotatable bonds is 1. The van der Waals surface area contributed by atoms with Gasteiger partial charge in [-0.05, 0) is 35.9 Å². The van der Waals surface area contributed by atoms with Gasteiger partial charge in [0.15, 0.2) is 0 Å². The Bertz CT molecular complexity index is 434. The van der Waals surface area contributed by atoms with E-state index in [-0.39, 0.29) is 0 Å². The summed E-state index contributed by atoms with van der Waals surface area (Å²) in [5, 5.41) is 0.606. The van der Waals surface area contributed by atoms with Crippen molar-refractivity contribution in [2.24, 2.45) is 0 Å². The number of thioether (sulfide) groups is 1. The molecule has 2 aliphatic rings. The number of anilines is 1. The van der Waals surface area contributed by atoms with E-state index in [4.69, 9.17) is 4.74 Å². The molecule has 86 valence electrons. The molecule has 3 rings (SSSR count). The number of nitrogens with zero attached hydrogens (tertiary/aromatic N) is 1. The molecule has 1 unspecified atom stereocenters. The van der Waals surface area contributed by atoms with Crippen LogP contribution in [0.2, 0.25) is 0 Å². The summed E-state index contributed by atoms with van der Waals surface area (Å²) in [6.45, 7) is 2.39. The summed E-state index contributed by atoms with van der Waals surface area (Å²) >= 11 is 2.08. The molecule has 1 fully saturated rings. The highest BCUT2D eigenvalue weighted by molar-refractivity contribution is 8.00. The Kier molecular flexibility index (Phi) is 2.15. The van der Waals surface area contributed by atoms with Gasteiger partial charge in [0.1, 0.15) is 5.75 Å². The number of benzene rings is 1. The molecule has 2 heterocycles. The third kappa shape index (κ3) is 1.15. The number of hydrogen-bond donors (Lipinski definition) is 0. The molecule has 0 bridgehead atoms. The normalized spacial score (nSPS) is 31.4. The first-order chi connectivity index (χ1) is 7.66. The molecule has 0 radical (unpaired) electrons. The summed E-state index contributed by atoms with van der Waals surface area (Å²) in [6, 6.07) is 6.47. The largest absolute Gasteiger partial charge is 0.497 e. The van der Waals surface area contributed by atoms with Crippen LogP contribution in [0.15, 0.2) is 18.2 Å². The molecular formula is C13H17NOS. The Labute approximate surface area is 101 Å². The maximum atomic E-state index is 5.34. The van der Waals surface area contributed by atoms with Crippen molar-refractivity contribution >= 4 is 17.4 Å². The Morgan fingerprint density at radius 2 is 2.31 bits per heavy atom. The standard InChI is InChI=1S/C13H17NOS/c1-13-6-7-16-12(13)14(2)11-5-4-9(15-3)8-10(11)13/h4-5,8,12H,6-7H2,1-3H3/t12?,13-/m0/s1. The van der Waals surface area contributed by atoms with Crippen molar-refractivity contribution in [3.05, 3.63) is 23.8 Å². The molecule has 2 aliphatic heterocycles. The average Bonchev–Trinajstić information content (AvgIpc) is 2.78. The van der Waals surface area contributed by atoms with Gasteiger partial charge >= 0.3 is 0 Å². The van der Waals surface area contributed by atoms with Crippen LogP contribution < -0.4 is 9.64 Å². The summed E-state index contributed by atoms with van der Waals surface area (Å²) in [7, 11) is 3.95. The fourth-order valence-corrected chi connectivity index (χ4v) is 4.75. The SMILES string of the molecule is COc1ccc2c(c1)[C@]1(C)CCSC1N2C. The molecule has 0 N–H and O–H groups in total. The minimum Gasteiger partial charge on any atom is -0.497 e. The van der Waals surface area contributed by atoms with E-state index in [0.717, 1.165) is 5.75 Å². The van der Waals surface area contributed by atoms with E-state index in [2.05, 4.69) is 48.8 Å². The fraction of sp³-hybridized carbons (Fsp3) is 0.538. The van der Waals surface area contributed by atoms with E-state index in [1.165, 1.54) is 23.4 Å². The first-order valence-electron chi connectivity index (χ1n) is 5.70. The summed E-state index contributed by atoms with van der Waals surface area (Å²) in [4.78, 5) is 2.42. The summed E-state index contributed by atoms with van der Waals surface area (Å²) in [5.74, 6) is 2.24. The zero-order valence-electron chi connectivity index (χ0n) is 9.99. The molecule has 2 atom stereocenters. The second kappa shape index (κ2) is 3.33. The maximum absolute atomic E-state index is 5.34. The number of methoxy groups -OCH3 is 1. The lowest BCUT2D eigenvalue weighted by molar-refractivity contribution is 0.412. The van der Waals surface area contributed by atoms with Crippen molar-refractivity contribution in [3.8, 4) is 5.75 Å². The van der Waals surface area contributed by atoms with Gasteiger partial charge in [-0.3, -0.25) is 0 Å². The van der Waals surface area contributed by atoms with Crippen molar-refractivity contribution in [2.45, 2.75) is 24.1 Å². The Morgan fingerprint density at radius 1 is 1.50 bits per heavy atom. The molecule has 0 spiro atoms. The van der Waals surface area contributed by atoms with Gasteiger partial charge in [0.2, 0.25) is 0 Å². The Hall–Kier alpha value is -0.830. The second-order valence-corrected chi connectivity index (χ2v) is 6.07. The van der Waals surface area contributed by atoms with Crippen LogP contribution in [0.1, 0.15) is 18.9 Å². The molecule has 1 aromatic carbocycles. The van der Waals surface area contributed by atoms with E-state index in [0.29, 0.717) is 10.8 Å². The van der Waals surface area contributed by atoms with Gasteiger partial charge in [0.25, 0.3) is 0 Å². The van der Waals surface area contributed by atoms with Gasteiger partial charge in [0, 0.05) is 18.2 Å². The van der Waals surface area contributed by atoms with Crippen LogP contribution in [-0.4, -0.2) is 25.3 Å². The number of ether oxygens (including phenoxy) is 1. The second-order valence-electron chi connectivity index (χ2n) is 4.88. The molecule has 3 heteroatoms. The molecule has 2 nitrogen and oxygen atoms in total. The Morgan fingerprint density at radius 3 is 3.06 bits per heavy atom. The number of hydrogen-bond acceptors (Lipinski definition) is 3. The lowest BCUT2D eigenvalue weighted by Gasteiger charge is -2.27. The zero-order chi connectivity index (χ0) is 11.3. The smallest absolute Gasteiger partial charge is 0.119 e. The molecule has 0 saturated carbocycles. The highest BCUT2D eigenvalue weighted by Crippen LogP contribution is 2.55. The van der Waals surface area contributed by atoms with E-state index < -0.39 is 0 Å². The van der Waals surface area contributed by atoms with Gasteiger partial charge < -0.3 is 9.64 Å². The topological polar surface area (TPSA) is 12.5 Å². The fourth-order valence-electron chi connectivity index (χ4n) is 3.03. The first-order valence-corrected chi connectivity index (χ1v) is 6.74. The van der Waals surface area contributed by atoms with E-state index in [1.807, 2.05) is 0 Å². The molecule has 1 aromatic rings. The minimum absolute atomic E-state index is 0.309. The van der Waals surface area contributed by atoms with Crippen molar-refractivity contribution in [3.63, 3.8) is 0 Å². The predicted molar refractivity (Wildman–Crippen MR) is 69.6 cm³/mol. The number of fused-ring (bicyclic) bond motifs is 3. The summed E-state index contributed by atoms with van der Waals surface area (Å²) < 4.78 is 5.34. The van der Waals surface area contributed by atoms with E-state index in [1.54, 1.807) is 7.11 Å². The van der Waals surface area contributed by atoms with Crippen molar-refractivity contribution in [2.75, 3.05) is 24.8 Å². The molecule has 1 saturated heterocycles. The lowest BCUT2D eigenvalue weighted by Crippen LogP contribution is -2.34. The van der Waals surface area contributed by atoms with Crippen LogP contribution in [0.4, 0.5) is 5.69 Å². The van der Waals surface area contributed by atoms with E-state index >= 15 is 0 Å². The average molecular weight is 235 g/mol. The van der Waals surface area contributed by atoms with Crippen LogP contribution in [-0.2, 0) is 5.41 Å². The third-order valence-corrected chi connectivity index (χ3v) is 5.58. The van der Waals surface area contributed by atoms with Gasteiger partial charge in [-0.2, -0.15) is 0 Å². The van der Waals surface area contributed by atoms with Crippen LogP contribution in [0.3, 0.4) is 0 Å². The predicted octanol–water partition coefficient (Wildman–Crippen LogP) is 2.87. The zero-order valence-corrected chi connectivity index (χ0v) is 10.8. The van der Waals surface area contributed by atoms with Gasteiger partial charge in [0.05, 0.1) is 12.5 Å². The third-order valence-electron chi connectivity index (χ3n) is 3.99. The van der Waals surface area contributed by atoms with Crippen molar-refractivity contribution in [1.82, 2.24) is 0 Å². The molecule has 0 aliphatic carbocycles.